The Morgan fingerprint density at radius 1 is 1.03 bits per heavy atom. The first-order valence-electron chi connectivity index (χ1n) is 12.2. The fourth-order valence-corrected chi connectivity index (χ4v) is 6.14. The predicted molar refractivity (Wildman–Crippen MR) is 138 cm³/mol. The number of thiophene rings is 1. The van der Waals surface area contributed by atoms with E-state index in [9.17, 15) is 14.4 Å². The number of hydrogen-bond acceptors (Lipinski definition) is 6. The molecule has 0 spiro atoms. The zero-order valence-electron chi connectivity index (χ0n) is 20.2. The smallest absolute Gasteiger partial charge is 0.341 e. The molecule has 1 aromatic heterocycles. The Morgan fingerprint density at radius 3 is 2.67 bits per heavy atom. The van der Waals surface area contributed by atoms with Crippen LogP contribution < -0.4 is 10.1 Å². The Morgan fingerprint density at radius 2 is 1.86 bits per heavy atom. The van der Waals surface area contributed by atoms with E-state index in [1.807, 2.05) is 35.2 Å². The molecule has 186 valence electrons. The normalized spacial score (nSPS) is 14.2. The van der Waals surface area contributed by atoms with Gasteiger partial charge in [-0.1, -0.05) is 36.4 Å². The number of rotatable bonds is 8. The van der Waals surface area contributed by atoms with Gasteiger partial charge in [-0.05, 0) is 55.9 Å². The molecule has 2 amide bonds. The van der Waals surface area contributed by atoms with Crippen LogP contribution in [0.5, 0.6) is 5.75 Å². The fraction of sp³-hybridized carbons (Fsp3) is 0.321. The molecule has 0 radical (unpaired) electrons. The Balaban J connectivity index is 1.26. The molecule has 1 N–H and O–H groups in total. The molecular formula is C28H28N2O5S. The van der Waals surface area contributed by atoms with Crippen molar-refractivity contribution in [3.05, 3.63) is 81.2 Å². The van der Waals surface area contributed by atoms with E-state index in [1.165, 1.54) is 11.3 Å². The first-order chi connectivity index (χ1) is 17.5. The summed E-state index contributed by atoms with van der Waals surface area (Å²) in [6.07, 6.45) is 3.38. The van der Waals surface area contributed by atoms with Gasteiger partial charge in [-0.2, -0.15) is 0 Å². The summed E-state index contributed by atoms with van der Waals surface area (Å²) < 4.78 is 11.1. The van der Waals surface area contributed by atoms with Crippen LogP contribution in [0.2, 0.25) is 0 Å². The zero-order chi connectivity index (χ0) is 25.1. The van der Waals surface area contributed by atoms with Crippen molar-refractivity contribution < 1.29 is 23.9 Å². The van der Waals surface area contributed by atoms with E-state index in [-0.39, 0.29) is 25.0 Å². The van der Waals surface area contributed by atoms with Gasteiger partial charge in [-0.15, -0.1) is 11.3 Å². The Labute approximate surface area is 214 Å². The molecule has 0 bridgehead atoms. The van der Waals surface area contributed by atoms with E-state index in [2.05, 4.69) is 5.32 Å². The number of carbonyl (C=O) groups excluding carboxylic acids is 3. The standard InChI is InChI=1S/C28H28N2O5S/c1-2-34-28(33)25-21-11-7-13-23(21)36-26(25)29-24(31)17-35-22-12-6-10-20-19(22)14-15-30(27(20)32)16-18-8-4-3-5-9-18/h3-6,8-10,12H,2,7,11,13-17H2,1H3,(H,29,31). The SMILES string of the molecule is CCOC(=O)c1c(NC(=O)COc2cccc3c2CCN(Cc2ccccc2)C3=O)sc2c1CCC2. The van der Waals surface area contributed by atoms with Gasteiger partial charge in [0.2, 0.25) is 0 Å². The largest absolute Gasteiger partial charge is 0.483 e. The summed E-state index contributed by atoms with van der Waals surface area (Å²) in [5.41, 5.74) is 3.98. The van der Waals surface area contributed by atoms with Gasteiger partial charge in [-0.3, -0.25) is 9.59 Å². The number of nitrogens with one attached hydrogen (secondary N) is 1. The number of hydrogen-bond donors (Lipinski definition) is 1. The van der Waals surface area contributed by atoms with Crippen LogP contribution >= 0.6 is 11.3 Å². The van der Waals surface area contributed by atoms with Gasteiger partial charge < -0.3 is 19.7 Å². The molecular weight excluding hydrogens is 476 g/mol. The zero-order valence-corrected chi connectivity index (χ0v) is 21.0. The molecule has 8 heteroatoms. The van der Waals surface area contributed by atoms with E-state index in [4.69, 9.17) is 9.47 Å². The first-order valence-corrected chi connectivity index (χ1v) is 13.1. The molecule has 0 fully saturated rings. The second-order valence-corrected chi connectivity index (χ2v) is 9.97. The fourth-order valence-electron chi connectivity index (χ4n) is 4.85. The molecule has 36 heavy (non-hydrogen) atoms. The molecule has 2 aromatic carbocycles. The number of carbonyl (C=O) groups is 3. The van der Waals surface area contributed by atoms with Crippen molar-refractivity contribution in [1.29, 1.82) is 0 Å². The van der Waals surface area contributed by atoms with Crippen LogP contribution in [0.4, 0.5) is 5.00 Å². The van der Waals surface area contributed by atoms with E-state index in [0.717, 1.165) is 40.8 Å². The maximum atomic E-state index is 13.1. The first kappa shape index (κ1) is 24.1. The molecule has 0 atom stereocenters. The van der Waals surface area contributed by atoms with Crippen LogP contribution in [-0.4, -0.2) is 42.4 Å². The van der Waals surface area contributed by atoms with Gasteiger partial charge in [0, 0.05) is 29.1 Å². The summed E-state index contributed by atoms with van der Waals surface area (Å²) in [7, 11) is 0. The van der Waals surface area contributed by atoms with Crippen molar-refractivity contribution in [3.63, 3.8) is 0 Å². The highest BCUT2D eigenvalue weighted by Gasteiger charge is 2.29. The maximum absolute atomic E-state index is 13.1. The van der Waals surface area contributed by atoms with E-state index in [1.54, 1.807) is 25.1 Å². The minimum Gasteiger partial charge on any atom is -0.483 e. The second kappa shape index (κ2) is 10.5. The minimum absolute atomic E-state index is 0.0396. The summed E-state index contributed by atoms with van der Waals surface area (Å²) in [5, 5.41) is 3.37. The topological polar surface area (TPSA) is 84.9 Å². The Bertz CT molecular complexity index is 1300. The highest BCUT2D eigenvalue weighted by atomic mass is 32.1. The number of benzene rings is 2. The van der Waals surface area contributed by atoms with E-state index >= 15 is 0 Å². The van der Waals surface area contributed by atoms with Crippen LogP contribution in [0, 0.1) is 0 Å². The average molecular weight is 505 g/mol. The van der Waals surface area contributed by atoms with E-state index < -0.39 is 5.97 Å². The molecule has 0 unspecified atom stereocenters. The van der Waals surface area contributed by atoms with Gasteiger partial charge >= 0.3 is 5.97 Å². The molecule has 7 nitrogen and oxygen atoms in total. The van der Waals surface area contributed by atoms with Crippen LogP contribution in [0.1, 0.15) is 55.6 Å². The summed E-state index contributed by atoms with van der Waals surface area (Å²) >= 11 is 1.44. The molecule has 2 aliphatic rings. The highest BCUT2D eigenvalue weighted by molar-refractivity contribution is 7.17. The molecule has 1 aliphatic heterocycles. The lowest BCUT2D eigenvalue weighted by Crippen LogP contribution is -2.37. The number of ether oxygens (including phenoxy) is 2. The van der Waals surface area contributed by atoms with Crippen molar-refractivity contribution >= 4 is 34.1 Å². The van der Waals surface area contributed by atoms with Crippen LogP contribution in [-0.2, 0) is 35.3 Å². The van der Waals surface area contributed by atoms with Gasteiger partial charge in [0.05, 0.1) is 12.2 Å². The molecule has 5 rings (SSSR count). The lowest BCUT2D eigenvalue weighted by atomic mass is 9.97. The van der Waals surface area contributed by atoms with Crippen molar-refractivity contribution in [2.24, 2.45) is 0 Å². The number of fused-ring (bicyclic) bond motifs is 2. The number of anilines is 1. The molecule has 1 aliphatic carbocycles. The number of nitrogens with zero attached hydrogens (tertiary/aromatic N) is 1. The van der Waals surface area contributed by atoms with Gasteiger partial charge in [-0.25, -0.2) is 4.79 Å². The van der Waals surface area contributed by atoms with Crippen LogP contribution in [0.3, 0.4) is 0 Å². The van der Waals surface area contributed by atoms with Gasteiger partial charge in [0.25, 0.3) is 11.8 Å². The minimum atomic E-state index is -0.399. The van der Waals surface area contributed by atoms with Crippen molar-refractivity contribution in [1.82, 2.24) is 4.90 Å². The number of aryl methyl sites for hydroxylation is 1. The quantitative estimate of drug-likeness (QED) is 0.452. The van der Waals surface area contributed by atoms with Crippen molar-refractivity contribution in [2.75, 3.05) is 25.1 Å². The maximum Gasteiger partial charge on any atom is 0.341 e. The lowest BCUT2D eigenvalue weighted by Gasteiger charge is -2.29. The third kappa shape index (κ3) is 4.86. The number of esters is 1. The van der Waals surface area contributed by atoms with Gasteiger partial charge in [0.15, 0.2) is 6.61 Å². The van der Waals surface area contributed by atoms with Crippen LogP contribution in [0.25, 0.3) is 0 Å². The highest BCUT2D eigenvalue weighted by Crippen LogP contribution is 2.39. The van der Waals surface area contributed by atoms with Crippen molar-refractivity contribution in [3.8, 4) is 5.75 Å². The van der Waals surface area contributed by atoms with E-state index in [0.29, 0.717) is 41.4 Å². The Hall–Kier alpha value is -3.65. The average Bonchev–Trinajstić information content (AvgIpc) is 3.46. The van der Waals surface area contributed by atoms with Gasteiger partial charge in [0.1, 0.15) is 10.8 Å². The summed E-state index contributed by atoms with van der Waals surface area (Å²) in [6.45, 7) is 2.96. The summed E-state index contributed by atoms with van der Waals surface area (Å²) in [6, 6.07) is 15.3. The van der Waals surface area contributed by atoms with Crippen LogP contribution in [0.15, 0.2) is 48.5 Å². The third-order valence-electron chi connectivity index (χ3n) is 6.51. The molecule has 0 saturated carbocycles. The molecule has 3 aromatic rings. The van der Waals surface area contributed by atoms with Crippen molar-refractivity contribution in [2.45, 2.75) is 39.2 Å². The molecule has 0 saturated heterocycles. The number of amides is 2. The third-order valence-corrected chi connectivity index (χ3v) is 7.72. The summed E-state index contributed by atoms with van der Waals surface area (Å²) in [4.78, 5) is 41.4. The second-order valence-electron chi connectivity index (χ2n) is 8.86. The summed E-state index contributed by atoms with van der Waals surface area (Å²) in [5.74, 6) is -0.258. The molecule has 2 heterocycles. The predicted octanol–water partition coefficient (Wildman–Crippen LogP) is 4.63. The monoisotopic (exact) mass is 504 g/mol. The Kier molecular flexibility index (Phi) is 7.04. The lowest BCUT2D eigenvalue weighted by molar-refractivity contribution is -0.118.